The average Bonchev–Trinajstić information content (AvgIpc) is 2.27. The van der Waals surface area contributed by atoms with Gasteiger partial charge in [0.15, 0.2) is 5.78 Å². The Morgan fingerprint density at radius 2 is 2.06 bits per heavy atom. The Hall–Kier alpha value is -2.04. The first-order valence-electron chi connectivity index (χ1n) is 5.22. The third-order valence-corrected chi connectivity index (χ3v) is 2.34. The summed E-state index contributed by atoms with van der Waals surface area (Å²) in [4.78, 5) is 23.9. The molecule has 0 aromatic heterocycles. The Labute approximate surface area is 99.6 Å². The van der Waals surface area contributed by atoms with Crippen molar-refractivity contribution in [3.63, 3.8) is 0 Å². The van der Waals surface area contributed by atoms with Crippen LogP contribution in [0.3, 0.4) is 0 Å². The van der Waals surface area contributed by atoms with E-state index in [1.165, 1.54) is 30.0 Å². The Morgan fingerprint density at radius 3 is 2.53 bits per heavy atom. The van der Waals surface area contributed by atoms with Crippen LogP contribution in [0.1, 0.15) is 24.2 Å². The first-order valence-corrected chi connectivity index (χ1v) is 5.22. The number of hydrogen-bond donors (Lipinski definition) is 1. The molecule has 0 unspecified atom stereocenters. The molecule has 0 spiro atoms. The van der Waals surface area contributed by atoms with E-state index in [0.717, 1.165) is 0 Å². The molecule has 0 radical (unpaired) electrons. The summed E-state index contributed by atoms with van der Waals surface area (Å²) in [5.41, 5.74) is 0.202. The lowest BCUT2D eigenvalue weighted by Crippen LogP contribution is -2.29. The maximum atomic E-state index is 11.4. The number of nitrogens with zero attached hydrogens (tertiary/aromatic N) is 1. The van der Waals surface area contributed by atoms with Gasteiger partial charge in [-0.2, -0.15) is 0 Å². The van der Waals surface area contributed by atoms with Crippen molar-refractivity contribution in [2.75, 3.05) is 13.6 Å². The summed E-state index contributed by atoms with van der Waals surface area (Å²) in [7, 11) is 1.60. The van der Waals surface area contributed by atoms with Crippen LogP contribution in [0.2, 0.25) is 0 Å². The molecular formula is C12H15NO4. The Balaban J connectivity index is 2.84. The summed E-state index contributed by atoms with van der Waals surface area (Å²) in [5.74, 6) is -0.231. The number of carbonyl (C=O) groups excluding carboxylic acids is 2. The van der Waals surface area contributed by atoms with Crippen molar-refractivity contribution in [2.45, 2.75) is 13.8 Å². The molecule has 0 aliphatic rings. The molecule has 0 atom stereocenters. The highest BCUT2D eigenvalue weighted by molar-refractivity contribution is 5.96. The van der Waals surface area contributed by atoms with E-state index >= 15 is 0 Å². The first kappa shape index (κ1) is 13.0. The molecule has 0 fully saturated rings. The molecule has 1 amide bonds. The quantitative estimate of drug-likeness (QED) is 0.817. The van der Waals surface area contributed by atoms with Gasteiger partial charge in [-0.05, 0) is 26.0 Å². The SMILES string of the molecule is CCN(C)C(=O)Oc1ccc(C(C)=O)c(O)c1. The third-order valence-electron chi connectivity index (χ3n) is 2.34. The second-order valence-electron chi connectivity index (χ2n) is 3.62. The van der Waals surface area contributed by atoms with Gasteiger partial charge in [0.05, 0.1) is 5.56 Å². The number of rotatable bonds is 3. The molecule has 5 nitrogen and oxygen atoms in total. The number of Topliss-reactive ketones (excluding diaryl/α,β-unsaturated/α-hetero) is 1. The van der Waals surface area contributed by atoms with E-state index in [-0.39, 0.29) is 22.8 Å². The molecule has 0 bridgehead atoms. The summed E-state index contributed by atoms with van der Waals surface area (Å²) in [5, 5.41) is 9.54. The smallest absolute Gasteiger partial charge is 0.414 e. The zero-order valence-electron chi connectivity index (χ0n) is 10.1. The van der Waals surface area contributed by atoms with Crippen molar-refractivity contribution in [1.29, 1.82) is 0 Å². The number of amides is 1. The van der Waals surface area contributed by atoms with Crippen molar-refractivity contribution in [3.8, 4) is 11.5 Å². The summed E-state index contributed by atoms with van der Waals surface area (Å²) in [6.07, 6.45) is -0.512. The zero-order valence-corrected chi connectivity index (χ0v) is 10.1. The predicted molar refractivity (Wildman–Crippen MR) is 62.4 cm³/mol. The van der Waals surface area contributed by atoms with Crippen LogP contribution in [0.4, 0.5) is 4.79 Å². The van der Waals surface area contributed by atoms with Crippen LogP contribution in [-0.2, 0) is 0 Å². The van der Waals surface area contributed by atoms with Gasteiger partial charge in [0.2, 0.25) is 0 Å². The molecule has 92 valence electrons. The second-order valence-corrected chi connectivity index (χ2v) is 3.62. The van der Waals surface area contributed by atoms with Crippen LogP contribution >= 0.6 is 0 Å². The molecule has 0 aliphatic heterocycles. The normalized spacial score (nSPS) is 9.82. The fourth-order valence-corrected chi connectivity index (χ4v) is 1.18. The number of carbonyl (C=O) groups is 2. The van der Waals surface area contributed by atoms with E-state index in [9.17, 15) is 14.7 Å². The fourth-order valence-electron chi connectivity index (χ4n) is 1.18. The van der Waals surface area contributed by atoms with Crippen LogP contribution in [0.15, 0.2) is 18.2 Å². The number of phenols is 1. The van der Waals surface area contributed by atoms with Crippen molar-refractivity contribution in [3.05, 3.63) is 23.8 Å². The predicted octanol–water partition coefficient (Wildman–Crippen LogP) is 2.05. The number of aromatic hydroxyl groups is 1. The van der Waals surface area contributed by atoms with Crippen LogP contribution in [0, 0.1) is 0 Å². The van der Waals surface area contributed by atoms with Crippen molar-refractivity contribution < 1.29 is 19.4 Å². The molecule has 1 aromatic carbocycles. The summed E-state index contributed by atoms with van der Waals surface area (Å²) in [6, 6.07) is 4.14. The lowest BCUT2D eigenvalue weighted by Gasteiger charge is -2.14. The van der Waals surface area contributed by atoms with E-state index < -0.39 is 6.09 Å². The summed E-state index contributed by atoms with van der Waals surface area (Å²) >= 11 is 0. The largest absolute Gasteiger partial charge is 0.507 e. The first-order chi connectivity index (χ1) is 7.95. The highest BCUT2D eigenvalue weighted by Gasteiger charge is 2.12. The number of ether oxygens (including phenoxy) is 1. The standard InChI is InChI=1S/C12H15NO4/c1-4-13(3)12(16)17-9-5-6-10(8(2)14)11(15)7-9/h5-7,15H,4H2,1-3H3. The molecule has 0 saturated carbocycles. The van der Waals surface area contributed by atoms with Gasteiger partial charge in [-0.3, -0.25) is 4.79 Å². The van der Waals surface area contributed by atoms with Crippen molar-refractivity contribution >= 4 is 11.9 Å². The van der Waals surface area contributed by atoms with Gasteiger partial charge in [-0.25, -0.2) is 4.79 Å². The molecule has 1 rings (SSSR count). The Bertz CT molecular complexity index is 442. The monoisotopic (exact) mass is 237 g/mol. The molecule has 0 aliphatic carbocycles. The van der Waals surface area contributed by atoms with E-state index in [1.807, 2.05) is 6.92 Å². The lowest BCUT2D eigenvalue weighted by molar-refractivity contribution is 0.101. The van der Waals surface area contributed by atoms with E-state index in [1.54, 1.807) is 7.05 Å². The molecule has 1 N–H and O–H groups in total. The average molecular weight is 237 g/mol. The lowest BCUT2D eigenvalue weighted by atomic mass is 10.1. The summed E-state index contributed by atoms with van der Waals surface area (Å²) in [6.45, 7) is 3.69. The highest BCUT2D eigenvalue weighted by Crippen LogP contribution is 2.24. The van der Waals surface area contributed by atoms with Gasteiger partial charge in [-0.1, -0.05) is 0 Å². The molecule has 0 heterocycles. The molecule has 17 heavy (non-hydrogen) atoms. The van der Waals surface area contributed by atoms with Crippen molar-refractivity contribution in [1.82, 2.24) is 4.90 Å². The minimum atomic E-state index is -0.512. The molecule has 5 heteroatoms. The fraction of sp³-hybridized carbons (Fsp3) is 0.333. The van der Waals surface area contributed by atoms with Crippen LogP contribution in [0.25, 0.3) is 0 Å². The maximum Gasteiger partial charge on any atom is 0.414 e. The molecule has 0 saturated heterocycles. The zero-order chi connectivity index (χ0) is 13.0. The van der Waals surface area contributed by atoms with Gasteiger partial charge < -0.3 is 14.7 Å². The van der Waals surface area contributed by atoms with Gasteiger partial charge in [0.25, 0.3) is 0 Å². The maximum absolute atomic E-state index is 11.4. The van der Waals surface area contributed by atoms with Crippen molar-refractivity contribution in [2.24, 2.45) is 0 Å². The highest BCUT2D eigenvalue weighted by atomic mass is 16.6. The molecular weight excluding hydrogens is 222 g/mol. The molecule has 1 aromatic rings. The van der Waals surface area contributed by atoms with Gasteiger partial charge >= 0.3 is 6.09 Å². The minimum absolute atomic E-state index is 0.193. The van der Waals surface area contributed by atoms with Crippen LogP contribution in [-0.4, -0.2) is 35.5 Å². The third kappa shape index (κ3) is 3.21. The van der Waals surface area contributed by atoms with Gasteiger partial charge in [0, 0.05) is 19.7 Å². The Kier molecular flexibility index (Phi) is 4.09. The number of phenolic OH excluding ortho intramolecular Hbond substituents is 1. The Morgan fingerprint density at radius 1 is 1.41 bits per heavy atom. The van der Waals surface area contributed by atoms with Crippen LogP contribution in [0.5, 0.6) is 11.5 Å². The van der Waals surface area contributed by atoms with E-state index in [0.29, 0.717) is 6.54 Å². The van der Waals surface area contributed by atoms with Gasteiger partial charge in [0.1, 0.15) is 11.5 Å². The number of hydrogen-bond acceptors (Lipinski definition) is 4. The topological polar surface area (TPSA) is 66.8 Å². The minimum Gasteiger partial charge on any atom is -0.507 e. The van der Waals surface area contributed by atoms with E-state index in [2.05, 4.69) is 0 Å². The van der Waals surface area contributed by atoms with Crippen LogP contribution < -0.4 is 4.74 Å². The number of ketones is 1. The van der Waals surface area contributed by atoms with E-state index in [4.69, 9.17) is 4.74 Å². The van der Waals surface area contributed by atoms with Gasteiger partial charge in [-0.15, -0.1) is 0 Å². The second kappa shape index (κ2) is 5.34. The summed E-state index contributed by atoms with van der Waals surface area (Å²) < 4.78 is 5.00. The number of benzene rings is 1.